The van der Waals surface area contributed by atoms with Crippen LogP contribution in [0, 0.1) is 5.92 Å². The Kier molecular flexibility index (Phi) is 5.41. The minimum Gasteiger partial charge on any atom is -0.338 e. The number of benzene rings is 2. The predicted molar refractivity (Wildman–Crippen MR) is 111 cm³/mol. The number of nitrogens with zero attached hydrogens (tertiary/aromatic N) is 2. The SMILES string of the molecule is O=C(Nc1nc(-c2ccccc2Cl)cs1)C1CC(=O)N(Cc2ccccc2)C1. The molecule has 1 N–H and O–H groups in total. The molecule has 1 saturated heterocycles. The molecule has 2 aromatic carbocycles. The van der Waals surface area contributed by atoms with E-state index in [9.17, 15) is 9.59 Å². The molecule has 0 aliphatic carbocycles. The Labute approximate surface area is 172 Å². The number of hydrogen-bond acceptors (Lipinski definition) is 4. The van der Waals surface area contributed by atoms with Crippen molar-refractivity contribution in [1.29, 1.82) is 0 Å². The summed E-state index contributed by atoms with van der Waals surface area (Å²) in [6, 6.07) is 17.2. The van der Waals surface area contributed by atoms with Gasteiger partial charge in [0.2, 0.25) is 11.8 Å². The first-order chi connectivity index (χ1) is 13.6. The van der Waals surface area contributed by atoms with Gasteiger partial charge in [0.05, 0.1) is 11.6 Å². The molecule has 1 unspecified atom stereocenters. The molecule has 2 amide bonds. The minimum absolute atomic E-state index is 0.0000942. The summed E-state index contributed by atoms with van der Waals surface area (Å²) in [5.74, 6) is -0.548. The second-order valence-electron chi connectivity index (χ2n) is 6.67. The molecule has 3 aromatic rings. The van der Waals surface area contributed by atoms with E-state index in [1.54, 1.807) is 11.0 Å². The summed E-state index contributed by atoms with van der Waals surface area (Å²) in [6.07, 6.45) is 0.224. The molecule has 1 atom stereocenters. The number of carbonyl (C=O) groups excluding carboxylic acids is 2. The number of nitrogens with one attached hydrogen (secondary N) is 1. The average molecular weight is 412 g/mol. The fourth-order valence-corrected chi connectivity index (χ4v) is 4.18. The van der Waals surface area contributed by atoms with Crippen molar-refractivity contribution < 1.29 is 9.59 Å². The average Bonchev–Trinajstić information content (AvgIpc) is 3.30. The van der Waals surface area contributed by atoms with Crippen molar-refractivity contribution in [2.24, 2.45) is 5.92 Å². The van der Waals surface area contributed by atoms with Crippen LogP contribution in [0.4, 0.5) is 5.13 Å². The first-order valence-electron chi connectivity index (χ1n) is 8.93. The Morgan fingerprint density at radius 3 is 2.71 bits per heavy atom. The zero-order valence-corrected chi connectivity index (χ0v) is 16.5. The highest BCUT2D eigenvalue weighted by Gasteiger charge is 2.34. The largest absolute Gasteiger partial charge is 0.338 e. The lowest BCUT2D eigenvalue weighted by molar-refractivity contribution is -0.128. The topological polar surface area (TPSA) is 62.3 Å². The number of hydrogen-bond donors (Lipinski definition) is 1. The summed E-state index contributed by atoms with van der Waals surface area (Å²) >= 11 is 7.55. The number of aromatic nitrogens is 1. The van der Waals surface area contributed by atoms with Gasteiger partial charge in [-0.05, 0) is 11.6 Å². The second kappa shape index (κ2) is 8.12. The molecule has 4 rings (SSSR count). The van der Waals surface area contributed by atoms with E-state index >= 15 is 0 Å². The zero-order valence-electron chi connectivity index (χ0n) is 15.0. The van der Waals surface area contributed by atoms with Crippen LogP contribution in [0.3, 0.4) is 0 Å². The van der Waals surface area contributed by atoms with E-state index in [4.69, 9.17) is 11.6 Å². The van der Waals surface area contributed by atoms with Gasteiger partial charge in [0.25, 0.3) is 0 Å². The van der Waals surface area contributed by atoms with Gasteiger partial charge in [-0.1, -0.05) is 60.1 Å². The fourth-order valence-electron chi connectivity index (χ4n) is 3.24. The van der Waals surface area contributed by atoms with Crippen molar-refractivity contribution >= 4 is 39.9 Å². The van der Waals surface area contributed by atoms with Gasteiger partial charge < -0.3 is 10.2 Å². The van der Waals surface area contributed by atoms with E-state index in [-0.39, 0.29) is 24.2 Å². The van der Waals surface area contributed by atoms with Crippen molar-refractivity contribution in [2.45, 2.75) is 13.0 Å². The van der Waals surface area contributed by atoms with Crippen LogP contribution in [0.5, 0.6) is 0 Å². The fraction of sp³-hybridized carbons (Fsp3) is 0.190. The molecule has 1 aromatic heterocycles. The molecule has 2 heterocycles. The summed E-state index contributed by atoms with van der Waals surface area (Å²) in [7, 11) is 0. The maximum atomic E-state index is 12.6. The van der Waals surface area contributed by atoms with Crippen molar-refractivity contribution in [1.82, 2.24) is 9.88 Å². The van der Waals surface area contributed by atoms with Gasteiger partial charge in [-0.15, -0.1) is 11.3 Å². The molecule has 0 saturated carbocycles. The molecule has 1 aliphatic rings. The third kappa shape index (κ3) is 4.08. The third-order valence-corrected chi connectivity index (χ3v) is 5.77. The van der Waals surface area contributed by atoms with Crippen LogP contribution in [-0.2, 0) is 16.1 Å². The van der Waals surface area contributed by atoms with Crippen LogP contribution in [0.2, 0.25) is 5.02 Å². The summed E-state index contributed by atoms with van der Waals surface area (Å²) in [5.41, 5.74) is 2.60. The normalized spacial score (nSPS) is 16.4. The third-order valence-electron chi connectivity index (χ3n) is 4.69. The molecular formula is C21H18ClN3O2S. The van der Waals surface area contributed by atoms with Gasteiger partial charge in [-0.25, -0.2) is 4.98 Å². The number of carbonyl (C=O) groups is 2. The number of thiazole rings is 1. The standard InChI is InChI=1S/C21H18ClN3O2S/c22-17-9-5-4-8-16(17)18-13-28-21(23-18)24-20(27)15-10-19(26)25(12-15)11-14-6-2-1-3-7-14/h1-9,13,15H,10-12H2,(H,23,24,27). The van der Waals surface area contributed by atoms with Gasteiger partial charge in [-0.2, -0.15) is 0 Å². The van der Waals surface area contributed by atoms with Crippen LogP contribution >= 0.6 is 22.9 Å². The van der Waals surface area contributed by atoms with Crippen LogP contribution in [-0.4, -0.2) is 28.2 Å². The Bertz CT molecular complexity index is 1010. The Balaban J connectivity index is 1.39. The van der Waals surface area contributed by atoms with E-state index < -0.39 is 0 Å². The first-order valence-corrected chi connectivity index (χ1v) is 10.2. The lowest BCUT2D eigenvalue weighted by atomic mass is 10.1. The summed E-state index contributed by atoms with van der Waals surface area (Å²) in [6.45, 7) is 0.944. The van der Waals surface area contributed by atoms with Gasteiger partial charge >= 0.3 is 0 Å². The number of halogens is 1. The summed E-state index contributed by atoms with van der Waals surface area (Å²) in [5, 5.41) is 5.83. The zero-order chi connectivity index (χ0) is 19.5. The van der Waals surface area contributed by atoms with Gasteiger partial charge in [0.15, 0.2) is 5.13 Å². The number of anilines is 1. The van der Waals surface area contributed by atoms with E-state index in [0.29, 0.717) is 23.2 Å². The van der Waals surface area contributed by atoms with Crippen molar-refractivity contribution in [3.63, 3.8) is 0 Å². The first kappa shape index (κ1) is 18.7. The quantitative estimate of drug-likeness (QED) is 0.674. The highest BCUT2D eigenvalue weighted by Crippen LogP contribution is 2.31. The van der Waals surface area contributed by atoms with E-state index in [0.717, 1.165) is 16.8 Å². The van der Waals surface area contributed by atoms with Crippen LogP contribution in [0.1, 0.15) is 12.0 Å². The van der Waals surface area contributed by atoms with Gasteiger partial charge in [-0.3, -0.25) is 9.59 Å². The molecule has 7 heteroatoms. The minimum atomic E-state index is -0.371. The highest BCUT2D eigenvalue weighted by molar-refractivity contribution is 7.14. The molecule has 0 bridgehead atoms. The number of rotatable bonds is 5. The Morgan fingerprint density at radius 1 is 1.18 bits per heavy atom. The van der Waals surface area contributed by atoms with E-state index in [1.807, 2.05) is 53.9 Å². The van der Waals surface area contributed by atoms with Crippen molar-refractivity contribution in [2.75, 3.05) is 11.9 Å². The van der Waals surface area contributed by atoms with Crippen molar-refractivity contribution in [3.8, 4) is 11.3 Å². The van der Waals surface area contributed by atoms with Gasteiger partial charge in [0, 0.05) is 35.5 Å². The lowest BCUT2D eigenvalue weighted by Crippen LogP contribution is -2.28. The monoisotopic (exact) mass is 411 g/mol. The molecule has 1 fully saturated rings. The highest BCUT2D eigenvalue weighted by atomic mass is 35.5. The van der Waals surface area contributed by atoms with Crippen molar-refractivity contribution in [3.05, 3.63) is 70.6 Å². The van der Waals surface area contributed by atoms with Crippen LogP contribution in [0.25, 0.3) is 11.3 Å². The molecule has 28 heavy (non-hydrogen) atoms. The van der Waals surface area contributed by atoms with E-state index in [2.05, 4.69) is 10.3 Å². The second-order valence-corrected chi connectivity index (χ2v) is 7.93. The molecule has 0 spiro atoms. The maximum Gasteiger partial charge on any atom is 0.231 e. The molecule has 5 nitrogen and oxygen atoms in total. The predicted octanol–water partition coefficient (Wildman–Crippen LogP) is 4.45. The number of likely N-dealkylation sites (tertiary alicyclic amines) is 1. The molecule has 0 radical (unpaired) electrons. The van der Waals surface area contributed by atoms with E-state index in [1.165, 1.54) is 11.3 Å². The van der Waals surface area contributed by atoms with Crippen LogP contribution < -0.4 is 5.32 Å². The van der Waals surface area contributed by atoms with Gasteiger partial charge in [0.1, 0.15) is 0 Å². The molecule has 142 valence electrons. The number of amides is 2. The Morgan fingerprint density at radius 2 is 1.93 bits per heavy atom. The summed E-state index contributed by atoms with van der Waals surface area (Å²) < 4.78 is 0. The molecule has 1 aliphatic heterocycles. The maximum absolute atomic E-state index is 12.6. The van der Waals surface area contributed by atoms with Crippen LogP contribution in [0.15, 0.2) is 60.0 Å². The lowest BCUT2D eigenvalue weighted by Gasteiger charge is -2.16. The summed E-state index contributed by atoms with van der Waals surface area (Å²) in [4.78, 5) is 31.1. The molecular weight excluding hydrogens is 394 g/mol. The Hall–Kier alpha value is -2.70. The smallest absolute Gasteiger partial charge is 0.231 e.